The minimum atomic E-state index is -0.559. The van der Waals surface area contributed by atoms with E-state index < -0.39 is 5.91 Å². The Hall–Kier alpha value is -4.72. The number of hydrogen-bond acceptors (Lipinski definition) is 6. The molecule has 2 heterocycles. The second kappa shape index (κ2) is 10.1. The molecule has 1 N–H and O–H groups in total. The van der Waals surface area contributed by atoms with Gasteiger partial charge in [-0.1, -0.05) is 37.3 Å². The van der Waals surface area contributed by atoms with Gasteiger partial charge in [0.05, 0.1) is 36.5 Å². The third-order valence-corrected chi connectivity index (χ3v) is 6.22. The zero-order chi connectivity index (χ0) is 25.9. The molecule has 8 nitrogen and oxygen atoms in total. The maximum Gasteiger partial charge on any atom is 0.296 e. The number of aromatic nitrogens is 2. The van der Waals surface area contributed by atoms with Crippen molar-refractivity contribution < 1.29 is 19.4 Å². The predicted molar refractivity (Wildman–Crippen MR) is 143 cm³/mol. The Balaban J connectivity index is 1.64. The van der Waals surface area contributed by atoms with Crippen LogP contribution >= 0.6 is 0 Å². The molecule has 0 atom stereocenters. The van der Waals surface area contributed by atoms with Gasteiger partial charge in [0.15, 0.2) is 5.69 Å². The summed E-state index contributed by atoms with van der Waals surface area (Å²) in [6.45, 7) is 2.61. The Labute approximate surface area is 213 Å². The third kappa shape index (κ3) is 4.49. The van der Waals surface area contributed by atoms with E-state index in [4.69, 9.17) is 14.5 Å². The van der Waals surface area contributed by atoms with Crippen molar-refractivity contribution in [3.05, 3.63) is 78.4 Å². The van der Waals surface area contributed by atoms with Crippen LogP contribution in [0.4, 0.5) is 5.69 Å². The SMILES string of the molecule is CCCn1c(O)c(N=NC(=O)c2cc(-c3ccccc3)nc3ccc(OC)cc23)c2cc(OC)ccc21. The highest BCUT2D eigenvalue weighted by Crippen LogP contribution is 2.41. The number of ether oxygens (including phenoxy) is 2. The van der Waals surface area contributed by atoms with Crippen LogP contribution in [-0.4, -0.2) is 34.8 Å². The second-order valence-electron chi connectivity index (χ2n) is 8.52. The molecule has 5 rings (SSSR count). The van der Waals surface area contributed by atoms with E-state index in [1.54, 1.807) is 43.1 Å². The monoisotopic (exact) mass is 494 g/mol. The van der Waals surface area contributed by atoms with Gasteiger partial charge in [0.1, 0.15) is 11.5 Å². The molecule has 5 aromatic rings. The van der Waals surface area contributed by atoms with Crippen molar-refractivity contribution in [1.82, 2.24) is 9.55 Å². The minimum Gasteiger partial charge on any atom is -0.497 e. The van der Waals surface area contributed by atoms with E-state index in [1.807, 2.05) is 55.5 Å². The number of aromatic hydroxyl groups is 1. The van der Waals surface area contributed by atoms with Crippen LogP contribution in [0.5, 0.6) is 17.4 Å². The summed E-state index contributed by atoms with van der Waals surface area (Å²) in [7, 11) is 3.14. The van der Waals surface area contributed by atoms with E-state index in [2.05, 4.69) is 10.2 Å². The minimum absolute atomic E-state index is 0.0483. The number of rotatable bonds is 7. The van der Waals surface area contributed by atoms with Gasteiger partial charge in [0.2, 0.25) is 5.88 Å². The van der Waals surface area contributed by atoms with Gasteiger partial charge in [-0.25, -0.2) is 4.98 Å². The van der Waals surface area contributed by atoms with Crippen LogP contribution in [-0.2, 0) is 6.54 Å². The Morgan fingerprint density at radius 3 is 2.35 bits per heavy atom. The number of carbonyl (C=O) groups excluding carboxylic acids is 1. The van der Waals surface area contributed by atoms with E-state index in [1.165, 1.54) is 0 Å². The Morgan fingerprint density at radius 2 is 1.65 bits per heavy atom. The van der Waals surface area contributed by atoms with Crippen LogP contribution in [0.1, 0.15) is 23.7 Å². The van der Waals surface area contributed by atoms with Gasteiger partial charge in [0.25, 0.3) is 5.91 Å². The molecule has 8 heteroatoms. The summed E-state index contributed by atoms with van der Waals surface area (Å²) in [5.74, 6) is 0.605. The molecular formula is C29H26N4O4. The number of fused-ring (bicyclic) bond motifs is 2. The van der Waals surface area contributed by atoms with Gasteiger partial charge in [-0.3, -0.25) is 4.79 Å². The van der Waals surface area contributed by atoms with Gasteiger partial charge in [-0.15, -0.1) is 10.2 Å². The van der Waals surface area contributed by atoms with Crippen molar-refractivity contribution in [2.24, 2.45) is 10.2 Å². The normalized spacial score (nSPS) is 11.4. The van der Waals surface area contributed by atoms with Crippen LogP contribution in [0.25, 0.3) is 33.1 Å². The molecule has 3 aromatic carbocycles. The molecule has 0 saturated heterocycles. The fourth-order valence-corrected chi connectivity index (χ4v) is 4.39. The first-order chi connectivity index (χ1) is 18.0. The first-order valence-electron chi connectivity index (χ1n) is 11.9. The molecular weight excluding hydrogens is 468 g/mol. The molecule has 0 bridgehead atoms. The highest BCUT2D eigenvalue weighted by atomic mass is 16.5. The lowest BCUT2D eigenvalue weighted by atomic mass is 10.0. The van der Waals surface area contributed by atoms with Gasteiger partial charge >= 0.3 is 0 Å². The topological polar surface area (TPSA) is 98.3 Å². The standard InChI is InChI=1S/C29H26N4O4/c1-4-14-33-26-13-11-20(37-3)16-23(26)27(29(33)35)31-32-28(34)22-17-25(18-8-6-5-7-9-18)30-24-12-10-19(36-2)15-21(22)24/h5-13,15-17,35H,4,14H2,1-3H3. The van der Waals surface area contributed by atoms with Crippen LogP contribution in [0.3, 0.4) is 0 Å². The number of pyridine rings is 1. The van der Waals surface area contributed by atoms with Crippen LogP contribution in [0, 0.1) is 0 Å². The van der Waals surface area contributed by atoms with E-state index >= 15 is 0 Å². The van der Waals surface area contributed by atoms with Crippen molar-refractivity contribution in [1.29, 1.82) is 0 Å². The van der Waals surface area contributed by atoms with Crippen molar-refractivity contribution in [2.75, 3.05) is 14.2 Å². The lowest BCUT2D eigenvalue weighted by Crippen LogP contribution is -1.99. The van der Waals surface area contributed by atoms with Crippen molar-refractivity contribution in [3.8, 4) is 28.6 Å². The fraction of sp³-hybridized carbons (Fsp3) is 0.172. The van der Waals surface area contributed by atoms with Gasteiger partial charge in [-0.05, 0) is 48.9 Å². The maximum absolute atomic E-state index is 13.5. The van der Waals surface area contributed by atoms with Gasteiger partial charge in [-0.2, -0.15) is 0 Å². The molecule has 0 spiro atoms. The van der Waals surface area contributed by atoms with Crippen LogP contribution in [0.15, 0.2) is 83.0 Å². The zero-order valence-electron chi connectivity index (χ0n) is 20.8. The number of nitrogens with zero attached hydrogens (tertiary/aromatic N) is 4. The number of aryl methyl sites for hydroxylation is 1. The first kappa shape index (κ1) is 24.0. The van der Waals surface area contributed by atoms with Crippen LogP contribution in [0.2, 0.25) is 0 Å². The average molecular weight is 495 g/mol. The van der Waals surface area contributed by atoms with Crippen molar-refractivity contribution >= 4 is 33.4 Å². The molecule has 0 saturated carbocycles. The summed E-state index contributed by atoms with van der Waals surface area (Å²) in [5.41, 5.74) is 3.48. The molecule has 0 radical (unpaired) electrons. The summed E-state index contributed by atoms with van der Waals surface area (Å²) in [6.07, 6.45) is 0.811. The third-order valence-electron chi connectivity index (χ3n) is 6.22. The average Bonchev–Trinajstić information content (AvgIpc) is 3.20. The molecule has 0 aliphatic rings. The summed E-state index contributed by atoms with van der Waals surface area (Å²) < 4.78 is 12.5. The van der Waals surface area contributed by atoms with Crippen molar-refractivity contribution in [2.45, 2.75) is 19.9 Å². The Bertz CT molecular complexity index is 1640. The Kier molecular flexibility index (Phi) is 6.55. The van der Waals surface area contributed by atoms with E-state index in [9.17, 15) is 9.90 Å². The lowest BCUT2D eigenvalue weighted by Gasteiger charge is -2.09. The molecule has 186 valence electrons. The molecule has 0 unspecified atom stereocenters. The quantitative estimate of drug-likeness (QED) is 0.248. The number of hydrogen-bond donors (Lipinski definition) is 1. The summed E-state index contributed by atoms with van der Waals surface area (Å²) in [4.78, 5) is 18.2. The molecule has 2 aromatic heterocycles. The smallest absolute Gasteiger partial charge is 0.296 e. The number of azo groups is 1. The first-order valence-corrected chi connectivity index (χ1v) is 11.9. The number of carbonyl (C=O) groups is 1. The van der Waals surface area contributed by atoms with E-state index in [0.29, 0.717) is 45.6 Å². The lowest BCUT2D eigenvalue weighted by molar-refractivity contribution is 0.0996. The second-order valence-corrected chi connectivity index (χ2v) is 8.52. The largest absolute Gasteiger partial charge is 0.497 e. The Morgan fingerprint density at radius 1 is 0.946 bits per heavy atom. The number of benzene rings is 3. The van der Waals surface area contributed by atoms with E-state index in [-0.39, 0.29) is 11.6 Å². The van der Waals surface area contributed by atoms with E-state index in [0.717, 1.165) is 17.5 Å². The summed E-state index contributed by atoms with van der Waals surface area (Å²) in [5, 5.41) is 20.5. The van der Waals surface area contributed by atoms with Gasteiger partial charge < -0.3 is 19.1 Å². The van der Waals surface area contributed by atoms with Gasteiger partial charge in [0, 0.05) is 22.9 Å². The molecule has 0 aliphatic carbocycles. The molecule has 0 fully saturated rings. The highest BCUT2D eigenvalue weighted by Gasteiger charge is 2.19. The number of amides is 1. The summed E-state index contributed by atoms with van der Waals surface area (Å²) >= 11 is 0. The highest BCUT2D eigenvalue weighted by molar-refractivity contribution is 6.08. The van der Waals surface area contributed by atoms with Crippen LogP contribution < -0.4 is 9.47 Å². The number of methoxy groups -OCH3 is 2. The predicted octanol–water partition coefficient (Wildman–Crippen LogP) is 6.91. The molecule has 1 amide bonds. The molecule has 37 heavy (non-hydrogen) atoms. The molecule has 0 aliphatic heterocycles. The zero-order valence-corrected chi connectivity index (χ0v) is 20.8. The maximum atomic E-state index is 13.5. The summed E-state index contributed by atoms with van der Waals surface area (Å²) in [6, 6.07) is 22.2. The fourth-order valence-electron chi connectivity index (χ4n) is 4.39. The van der Waals surface area contributed by atoms with Crippen molar-refractivity contribution in [3.63, 3.8) is 0 Å².